The highest BCUT2D eigenvalue weighted by atomic mass is 35.5. The molecule has 1 aromatic rings. The van der Waals surface area contributed by atoms with Gasteiger partial charge >= 0.3 is 0 Å². The fourth-order valence-electron chi connectivity index (χ4n) is 1.91. The molecule has 0 radical (unpaired) electrons. The molecule has 16 heavy (non-hydrogen) atoms. The van der Waals surface area contributed by atoms with Gasteiger partial charge in [0.1, 0.15) is 0 Å². The van der Waals surface area contributed by atoms with Gasteiger partial charge in [-0.3, -0.25) is 9.88 Å². The second-order valence-corrected chi connectivity index (χ2v) is 4.62. The van der Waals surface area contributed by atoms with Crippen molar-refractivity contribution in [2.24, 2.45) is 0 Å². The average molecular weight is 237 g/mol. The van der Waals surface area contributed by atoms with Gasteiger partial charge in [0.25, 0.3) is 0 Å². The van der Waals surface area contributed by atoms with Gasteiger partial charge in [0.2, 0.25) is 0 Å². The van der Waals surface area contributed by atoms with Crippen LogP contribution in [0.4, 0.5) is 0 Å². The SMILES string of the molecule is CCCCN1CC=C(c2ccc(Cl)cn2)C1. The molecule has 2 heterocycles. The minimum atomic E-state index is 0.699. The van der Waals surface area contributed by atoms with Gasteiger partial charge in [0.05, 0.1) is 10.7 Å². The van der Waals surface area contributed by atoms with Crippen molar-refractivity contribution in [1.82, 2.24) is 9.88 Å². The number of unbranched alkanes of at least 4 members (excludes halogenated alkanes) is 1. The zero-order valence-corrected chi connectivity index (χ0v) is 10.4. The zero-order chi connectivity index (χ0) is 11.4. The number of pyridine rings is 1. The molecule has 0 aliphatic carbocycles. The van der Waals surface area contributed by atoms with Crippen LogP contribution in [0.15, 0.2) is 24.4 Å². The molecule has 1 aliphatic heterocycles. The third kappa shape index (κ3) is 2.83. The van der Waals surface area contributed by atoms with Crippen molar-refractivity contribution in [2.75, 3.05) is 19.6 Å². The lowest BCUT2D eigenvalue weighted by molar-refractivity contribution is 0.348. The van der Waals surface area contributed by atoms with Crippen molar-refractivity contribution in [3.63, 3.8) is 0 Å². The van der Waals surface area contributed by atoms with Crippen LogP contribution in [0.5, 0.6) is 0 Å². The molecule has 0 N–H and O–H groups in total. The Balaban J connectivity index is 1.95. The van der Waals surface area contributed by atoms with E-state index in [9.17, 15) is 0 Å². The number of hydrogen-bond acceptors (Lipinski definition) is 2. The van der Waals surface area contributed by atoms with Gasteiger partial charge in [-0.05, 0) is 30.7 Å². The van der Waals surface area contributed by atoms with E-state index in [0.29, 0.717) is 5.02 Å². The Morgan fingerprint density at radius 3 is 3.00 bits per heavy atom. The fraction of sp³-hybridized carbons (Fsp3) is 0.462. The zero-order valence-electron chi connectivity index (χ0n) is 9.62. The number of rotatable bonds is 4. The summed E-state index contributed by atoms with van der Waals surface area (Å²) < 4.78 is 0. The van der Waals surface area contributed by atoms with Gasteiger partial charge in [0, 0.05) is 19.3 Å². The summed E-state index contributed by atoms with van der Waals surface area (Å²) in [6.45, 7) is 5.49. The third-order valence-corrected chi connectivity index (χ3v) is 3.10. The Kier molecular flexibility index (Phi) is 3.97. The molecule has 0 aromatic carbocycles. The Labute approximate surface area is 102 Å². The van der Waals surface area contributed by atoms with Crippen molar-refractivity contribution in [3.05, 3.63) is 35.1 Å². The van der Waals surface area contributed by atoms with Crippen LogP contribution in [0, 0.1) is 0 Å². The number of aromatic nitrogens is 1. The van der Waals surface area contributed by atoms with Gasteiger partial charge < -0.3 is 0 Å². The first-order valence-corrected chi connectivity index (χ1v) is 6.20. The lowest BCUT2D eigenvalue weighted by atomic mass is 10.2. The van der Waals surface area contributed by atoms with E-state index in [4.69, 9.17) is 11.6 Å². The molecular formula is C13H17ClN2. The Morgan fingerprint density at radius 2 is 2.31 bits per heavy atom. The normalized spacial score (nSPS) is 16.5. The molecule has 0 amide bonds. The smallest absolute Gasteiger partial charge is 0.0673 e. The first-order valence-electron chi connectivity index (χ1n) is 5.83. The molecule has 0 saturated heterocycles. The van der Waals surface area contributed by atoms with Crippen LogP contribution in [-0.2, 0) is 0 Å². The summed E-state index contributed by atoms with van der Waals surface area (Å²) in [5.74, 6) is 0. The standard InChI is InChI=1S/C13H17ClN2/c1-2-3-7-16-8-6-11(10-16)13-5-4-12(14)9-15-13/h4-6,9H,2-3,7-8,10H2,1H3. The minimum Gasteiger partial charge on any atom is -0.295 e. The van der Waals surface area contributed by atoms with Crippen molar-refractivity contribution in [1.29, 1.82) is 0 Å². The lowest BCUT2D eigenvalue weighted by Crippen LogP contribution is -2.21. The van der Waals surface area contributed by atoms with E-state index < -0.39 is 0 Å². The second kappa shape index (κ2) is 5.46. The van der Waals surface area contributed by atoms with Crippen LogP contribution in [0.3, 0.4) is 0 Å². The maximum Gasteiger partial charge on any atom is 0.0673 e. The largest absolute Gasteiger partial charge is 0.295 e. The molecule has 0 fully saturated rings. The Hall–Kier alpha value is -0.860. The molecule has 2 rings (SSSR count). The predicted octanol–water partition coefficient (Wildman–Crippen LogP) is 3.23. The molecule has 0 atom stereocenters. The summed E-state index contributed by atoms with van der Waals surface area (Å²) in [5.41, 5.74) is 2.39. The molecule has 1 aliphatic rings. The Bertz CT molecular complexity index is 370. The number of halogens is 1. The van der Waals surface area contributed by atoms with Crippen molar-refractivity contribution >= 4 is 17.2 Å². The van der Waals surface area contributed by atoms with Crippen LogP contribution in [0.1, 0.15) is 25.5 Å². The van der Waals surface area contributed by atoms with Crippen LogP contribution in [-0.4, -0.2) is 29.5 Å². The first-order chi connectivity index (χ1) is 7.79. The molecule has 2 nitrogen and oxygen atoms in total. The molecule has 0 bridgehead atoms. The third-order valence-electron chi connectivity index (χ3n) is 2.87. The van der Waals surface area contributed by atoms with Gasteiger partial charge in [-0.2, -0.15) is 0 Å². The van der Waals surface area contributed by atoms with Crippen molar-refractivity contribution in [2.45, 2.75) is 19.8 Å². The predicted molar refractivity (Wildman–Crippen MR) is 68.6 cm³/mol. The summed E-state index contributed by atoms with van der Waals surface area (Å²) >= 11 is 5.82. The summed E-state index contributed by atoms with van der Waals surface area (Å²) in [6.07, 6.45) is 6.51. The van der Waals surface area contributed by atoms with E-state index in [2.05, 4.69) is 22.9 Å². The van der Waals surface area contributed by atoms with E-state index in [-0.39, 0.29) is 0 Å². The fourth-order valence-corrected chi connectivity index (χ4v) is 2.02. The van der Waals surface area contributed by atoms with Gasteiger partial charge in [-0.1, -0.05) is 31.0 Å². The lowest BCUT2D eigenvalue weighted by Gasteiger charge is -2.14. The number of hydrogen-bond donors (Lipinski definition) is 0. The van der Waals surface area contributed by atoms with Gasteiger partial charge in [-0.25, -0.2) is 0 Å². The van der Waals surface area contributed by atoms with E-state index in [1.807, 2.05) is 12.1 Å². The molecular weight excluding hydrogens is 220 g/mol. The first kappa shape index (κ1) is 11.6. The van der Waals surface area contributed by atoms with Gasteiger partial charge in [-0.15, -0.1) is 0 Å². The Morgan fingerprint density at radius 1 is 1.44 bits per heavy atom. The topological polar surface area (TPSA) is 16.1 Å². The van der Waals surface area contributed by atoms with Crippen LogP contribution in [0.25, 0.3) is 5.57 Å². The maximum atomic E-state index is 5.82. The summed E-state index contributed by atoms with van der Waals surface area (Å²) in [6, 6.07) is 3.90. The van der Waals surface area contributed by atoms with Crippen LogP contribution < -0.4 is 0 Å². The average Bonchev–Trinajstić information content (AvgIpc) is 2.76. The van der Waals surface area contributed by atoms with E-state index in [1.165, 1.54) is 25.0 Å². The molecule has 86 valence electrons. The van der Waals surface area contributed by atoms with E-state index >= 15 is 0 Å². The number of nitrogens with zero attached hydrogens (tertiary/aromatic N) is 2. The maximum absolute atomic E-state index is 5.82. The van der Waals surface area contributed by atoms with E-state index in [1.54, 1.807) is 6.20 Å². The molecule has 0 spiro atoms. The molecule has 3 heteroatoms. The summed E-state index contributed by atoms with van der Waals surface area (Å²) in [5, 5.41) is 0.699. The molecule has 1 aromatic heterocycles. The monoisotopic (exact) mass is 236 g/mol. The van der Waals surface area contributed by atoms with Crippen molar-refractivity contribution < 1.29 is 0 Å². The minimum absolute atomic E-state index is 0.699. The molecule has 0 unspecified atom stereocenters. The van der Waals surface area contributed by atoms with Gasteiger partial charge in [0.15, 0.2) is 0 Å². The van der Waals surface area contributed by atoms with Crippen LogP contribution >= 0.6 is 11.6 Å². The highest BCUT2D eigenvalue weighted by molar-refractivity contribution is 6.30. The van der Waals surface area contributed by atoms with Crippen LogP contribution in [0.2, 0.25) is 5.02 Å². The second-order valence-electron chi connectivity index (χ2n) is 4.18. The highest BCUT2D eigenvalue weighted by Crippen LogP contribution is 2.20. The highest BCUT2D eigenvalue weighted by Gasteiger charge is 2.15. The summed E-state index contributed by atoms with van der Waals surface area (Å²) in [4.78, 5) is 6.80. The molecule has 0 saturated carbocycles. The summed E-state index contributed by atoms with van der Waals surface area (Å²) in [7, 11) is 0. The van der Waals surface area contributed by atoms with E-state index in [0.717, 1.165) is 18.8 Å². The quantitative estimate of drug-likeness (QED) is 0.798. The van der Waals surface area contributed by atoms with Crippen molar-refractivity contribution in [3.8, 4) is 0 Å².